The number of rotatable bonds is 2. The van der Waals surface area contributed by atoms with Crippen LogP contribution in [0.2, 0.25) is 19.6 Å². The van der Waals surface area contributed by atoms with Crippen LogP contribution in [0.1, 0.15) is 10.4 Å². The zero-order valence-electron chi connectivity index (χ0n) is 10.7. The summed E-state index contributed by atoms with van der Waals surface area (Å²) in [5.74, 6) is -1.17. The number of benzene rings is 2. The van der Waals surface area contributed by atoms with Gasteiger partial charge in [-0.15, -0.1) is 0 Å². The lowest BCUT2D eigenvalue weighted by molar-refractivity contribution is 0.0695. The minimum atomic E-state index is -1.83. The lowest BCUT2D eigenvalue weighted by Gasteiger charge is -2.21. The Bertz CT molecular complexity index is 627. The van der Waals surface area contributed by atoms with Crippen molar-refractivity contribution in [2.45, 2.75) is 19.6 Å². The SMILES string of the molecule is C[Si](C)(C)c1cc2ccccc2c(O)c1C(=O)O. The average molecular weight is 260 g/mol. The molecule has 3 nitrogen and oxygen atoms in total. The summed E-state index contributed by atoms with van der Waals surface area (Å²) in [6.45, 7) is 6.22. The first-order valence-corrected chi connectivity index (χ1v) is 9.31. The third kappa shape index (κ3) is 1.99. The van der Waals surface area contributed by atoms with Crippen molar-refractivity contribution < 1.29 is 15.0 Å². The number of carboxylic acids is 1. The number of aromatic hydroxyl groups is 1. The van der Waals surface area contributed by atoms with Gasteiger partial charge in [-0.2, -0.15) is 0 Å². The zero-order chi connectivity index (χ0) is 13.5. The Morgan fingerprint density at radius 2 is 1.78 bits per heavy atom. The second kappa shape index (κ2) is 4.14. The van der Waals surface area contributed by atoms with Gasteiger partial charge in [-0.25, -0.2) is 4.79 Å². The van der Waals surface area contributed by atoms with Crippen molar-refractivity contribution in [3.05, 3.63) is 35.9 Å². The Balaban J connectivity index is 2.93. The van der Waals surface area contributed by atoms with Crippen molar-refractivity contribution in [2.24, 2.45) is 0 Å². The van der Waals surface area contributed by atoms with Crippen LogP contribution in [0.4, 0.5) is 0 Å². The Labute approximate surface area is 107 Å². The standard InChI is InChI=1S/C14H16O3Si/c1-18(2,3)11-8-9-6-4-5-7-10(9)13(15)12(11)14(16)17/h4-8,15H,1-3H3,(H,16,17). The number of hydrogen-bond donors (Lipinski definition) is 2. The molecule has 2 aromatic rings. The summed E-state index contributed by atoms with van der Waals surface area (Å²) in [4.78, 5) is 11.4. The van der Waals surface area contributed by atoms with E-state index in [1.807, 2.05) is 18.2 Å². The van der Waals surface area contributed by atoms with Crippen LogP contribution in [0.5, 0.6) is 5.75 Å². The fourth-order valence-electron chi connectivity index (χ4n) is 2.14. The molecule has 0 aliphatic heterocycles. The molecule has 0 aliphatic rings. The van der Waals surface area contributed by atoms with Crippen molar-refractivity contribution in [1.82, 2.24) is 0 Å². The minimum absolute atomic E-state index is 0.0628. The van der Waals surface area contributed by atoms with Crippen LogP contribution in [0.3, 0.4) is 0 Å². The van der Waals surface area contributed by atoms with Gasteiger partial charge >= 0.3 is 5.97 Å². The highest BCUT2D eigenvalue weighted by Crippen LogP contribution is 2.29. The van der Waals surface area contributed by atoms with Crippen LogP contribution in [-0.4, -0.2) is 24.3 Å². The lowest BCUT2D eigenvalue weighted by atomic mass is 10.1. The van der Waals surface area contributed by atoms with Crippen LogP contribution >= 0.6 is 0 Å². The van der Waals surface area contributed by atoms with Gasteiger partial charge in [0.1, 0.15) is 11.3 Å². The molecule has 2 N–H and O–H groups in total. The summed E-state index contributed by atoms with van der Waals surface area (Å²) < 4.78 is 0. The van der Waals surface area contributed by atoms with E-state index in [-0.39, 0.29) is 11.3 Å². The number of aromatic carboxylic acids is 1. The van der Waals surface area contributed by atoms with Gasteiger partial charge in [-0.3, -0.25) is 0 Å². The fraction of sp³-hybridized carbons (Fsp3) is 0.214. The number of carboxylic acid groups (broad SMARTS) is 1. The van der Waals surface area contributed by atoms with Gasteiger partial charge < -0.3 is 10.2 Å². The third-order valence-electron chi connectivity index (χ3n) is 3.04. The minimum Gasteiger partial charge on any atom is -0.506 e. The quantitative estimate of drug-likeness (QED) is 0.816. The van der Waals surface area contributed by atoms with Gasteiger partial charge in [0, 0.05) is 5.39 Å². The van der Waals surface area contributed by atoms with Gasteiger partial charge in [-0.1, -0.05) is 50.0 Å². The van der Waals surface area contributed by atoms with Crippen molar-refractivity contribution >= 4 is 30.0 Å². The molecule has 18 heavy (non-hydrogen) atoms. The van der Waals surface area contributed by atoms with Gasteiger partial charge in [0.25, 0.3) is 0 Å². The first kappa shape index (κ1) is 12.6. The van der Waals surface area contributed by atoms with E-state index in [0.29, 0.717) is 5.39 Å². The molecule has 0 saturated heterocycles. The maximum atomic E-state index is 11.4. The molecular formula is C14H16O3Si. The average Bonchev–Trinajstić information content (AvgIpc) is 2.27. The highest BCUT2D eigenvalue weighted by Gasteiger charge is 2.27. The second-order valence-corrected chi connectivity index (χ2v) is 10.5. The van der Waals surface area contributed by atoms with E-state index in [2.05, 4.69) is 19.6 Å². The van der Waals surface area contributed by atoms with E-state index in [9.17, 15) is 15.0 Å². The molecular weight excluding hydrogens is 244 g/mol. The van der Waals surface area contributed by atoms with Crippen molar-refractivity contribution in [2.75, 3.05) is 0 Å². The molecule has 0 atom stereocenters. The van der Waals surface area contributed by atoms with E-state index in [0.717, 1.165) is 10.6 Å². The normalized spacial score (nSPS) is 11.7. The predicted octanol–water partition coefficient (Wildman–Crippen LogP) is 2.79. The maximum absolute atomic E-state index is 11.4. The van der Waals surface area contributed by atoms with Gasteiger partial charge in [0.05, 0.1) is 8.07 Å². The topological polar surface area (TPSA) is 57.5 Å². The van der Waals surface area contributed by atoms with Crippen LogP contribution in [-0.2, 0) is 0 Å². The van der Waals surface area contributed by atoms with Crippen LogP contribution < -0.4 is 5.19 Å². The fourth-order valence-corrected chi connectivity index (χ4v) is 3.70. The smallest absolute Gasteiger partial charge is 0.339 e. The highest BCUT2D eigenvalue weighted by atomic mass is 28.3. The Morgan fingerprint density at radius 1 is 1.17 bits per heavy atom. The molecule has 0 aliphatic carbocycles. The monoisotopic (exact) mass is 260 g/mol. The molecule has 0 heterocycles. The van der Waals surface area contributed by atoms with E-state index >= 15 is 0 Å². The molecule has 4 heteroatoms. The van der Waals surface area contributed by atoms with Gasteiger partial charge in [-0.05, 0) is 10.6 Å². The van der Waals surface area contributed by atoms with Crippen molar-refractivity contribution in [1.29, 1.82) is 0 Å². The molecule has 94 valence electrons. The van der Waals surface area contributed by atoms with Crippen molar-refractivity contribution in [3.8, 4) is 5.75 Å². The Hall–Kier alpha value is -1.81. The van der Waals surface area contributed by atoms with E-state index in [1.54, 1.807) is 12.1 Å². The number of phenols is 1. The predicted molar refractivity (Wildman–Crippen MR) is 75.6 cm³/mol. The summed E-state index contributed by atoms with van der Waals surface area (Å²) in [6.07, 6.45) is 0. The number of fused-ring (bicyclic) bond motifs is 1. The van der Waals surface area contributed by atoms with Gasteiger partial charge in [0.2, 0.25) is 0 Å². The summed E-state index contributed by atoms with van der Waals surface area (Å²) in [5.41, 5.74) is 0.0628. The molecule has 0 fully saturated rings. The molecule has 0 unspecified atom stereocenters. The van der Waals surface area contributed by atoms with Crippen molar-refractivity contribution in [3.63, 3.8) is 0 Å². The van der Waals surface area contributed by atoms with Crippen LogP contribution in [0.15, 0.2) is 30.3 Å². The highest BCUT2D eigenvalue weighted by molar-refractivity contribution is 6.89. The third-order valence-corrected chi connectivity index (χ3v) is 5.05. The van der Waals surface area contributed by atoms with Gasteiger partial charge in [0.15, 0.2) is 0 Å². The summed E-state index contributed by atoms with van der Waals surface area (Å²) in [7, 11) is -1.83. The van der Waals surface area contributed by atoms with E-state index < -0.39 is 14.0 Å². The van der Waals surface area contributed by atoms with Crippen LogP contribution in [0.25, 0.3) is 10.8 Å². The molecule has 0 saturated carbocycles. The summed E-state index contributed by atoms with van der Waals surface area (Å²) in [5, 5.41) is 21.8. The zero-order valence-corrected chi connectivity index (χ0v) is 11.7. The molecule has 2 aromatic carbocycles. The lowest BCUT2D eigenvalue weighted by Crippen LogP contribution is -2.41. The molecule has 0 amide bonds. The maximum Gasteiger partial charge on any atom is 0.339 e. The summed E-state index contributed by atoms with van der Waals surface area (Å²) >= 11 is 0. The molecule has 0 spiro atoms. The second-order valence-electron chi connectivity index (χ2n) is 5.42. The summed E-state index contributed by atoms with van der Waals surface area (Å²) in [6, 6.07) is 9.22. The first-order chi connectivity index (χ1) is 8.32. The molecule has 0 bridgehead atoms. The first-order valence-electron chi connectivity index (χ1n) is 5.81. The largest absolute Gasteiger partial charge is 0.506 e. The molecule has 2 rings (SSSR count). The van der Waals surface area contributed by atoms with Crippen LogP contribution in [0, 0.1) is 0 Å². The molecule has 0 radical (unpaired) electrons. The van der Waals surface area contributed by atoms with E-state index in [1.165, 1.54) is 0 Å². The number of hydrogen-bond acceptors (Lipinski definition) is 2. The van der Waals surface area contributed by atoms with E-state index in [4.69, 9.17) is 0 Å². The Kier molecular flexibility index (Phi) is 2.90. The number of carbonyl (C=O) groups is 1. The Morgan fingerprint density at radius 3 is 2.33 bits per heavy atom. The molecule has 0 aromatic heterocycles.